The Hall–Kier alpha value is -2.37. The lowest BCUT2D eigenvalue weighted by molar-refractivity contribution is -0.144. The number of aryl methyl sites for hydroxylation is 2. The van der Waals surface area contributed by atoms with Crippen LogP contribution < -0.4 is 10.6 Å². The van der Waals surface area contributed by atoms with Crippen molar-refractivity contribution >= 4 is 29.6 Å². The topological polar surface area (TPSA) is 108 Å². The summed E-state index contributed by atoms with van der Waals surface area (Å²) in [7, 11) is 0. The number of alkyl halides is 3. The second-order valence-electron chi connectivity index (χ2n) is 5.45. The lowest BCUT2D eigenvalue weighted by Crippen LogP contribution is -2.36. The Bertz CT molecular complexity index is 745. The molecule has 0 aliphatic heterocycles. The predicted octanol–water partition coefficient (Wildman–Crippen LogP) is 2.40. The summed E-state index contributed by atoms with van der Waals surface area (Å²) < 4.78 is 37.6. The van der Waals surface area contributed by atoms with Crippen molar-refractivity contribution in [2.24, 2.45) is 0 Å². The van der Waals surface area contributed by atoms with E-state index in [1.165, 1.54) is 11.8 Å². The maximum atomic E-state index is 12.5. The third-order valence-electron chi connectivity index (χ3n) is 3.20. The first-order valence-corrected chi connectivity index (χ1v) is 8.96. The van der Waals surface area contributed by atoms with E-state index in [2.05, 4.69) is 30.7 Å². The quantitative estimate of drug-likeness (QED) is 0.667. The average molecular weight is 389 g/mol. The van der Waals surface area contributed by atoms with E-state index in [0.29, 0.717) is 12.2 Å². The maximum Gasteiger partial charge on any atom is 0.451 e. The van der Waals surface area contributed by atoms with E-state index in [9.17, 15) is 18.0 Å². The van der Waals surface area contributed by atoms with Gasteiger partial charge in [-0.05, 0) is 38.3 Å². The van der Waals surface area contributed by atoms with Gasteiger partial charge in [-0.25, -0.2) is 9.97 Å². The van der Waals surface area contributed by atoms with Crippen LogP contribution in [0.3, 0.4) is 0 Å². The van der Waals surface area contributed by atoms with Gasteiger partial charge in [-0.1, -0.05) is 0 Å². The summed E-state index contributed by atoms with van der Waals surface area (Å²) in [6.07, 6.45) is -2.37. The van der Waals surface area contributed by atoms with Crippen LogP contribution in [0.4, 0.5) is 25.1 Å². The molecule has 1 unspecified atom stereocenters. The fourth-order valence-corrected chi connectivity index (χ4v) is 2.56. The summed E-state index contributed by atoms with van der Waals surface area (Å²) in [5, 5.41) is 10.3. The van der Waals surface area contributed by atoms with Crippen molar-refractivity contribution in [1.82, 2.24) is 25.1 Å². The third-order valence-corrected chi connectivity index (χ3v) is 3.85. The highest BCUT2D eigenvalue weighted by Crippen LogP contribution is 2.26. The molecule has 0 aliphatic rings. The number of H-pyrrole nitrogens is 1. The van der Waals surface area contributed by atoms with E-state index in [0.717, 1.165) is 11.4 Å². The summed E-state index contributed by atoms with van der Waals surface area (Å²) in [4.78, 5) is 24.1. The van der Waals surface area contributed by atoms with Crippen LogP contribution in [-0.4, -0.2) is 49.1 Å². The number of aromatic nitrogens is 5. The fourth-order valence-electron chi connectivity index (χ4n) is 2.09. The zero-order valence-electron chi connectivity index (χ0n) is 14.3. The number of carbonyl (C=O) groups is 1. The van der Waals surface area contributed by atoms with E-state index in [1.807, 2.05) is 6.26 Å². The monoisotopic (exact) mass is 389 g/mol. The van der Waals surface area contributed by atoms with Crippen LogP contribution in [0.25, 0.3) is 0 Å². The van der Waals surface area contributed by atoms with E-state index in [-0.39, 0.29) is 5.95 Å². The number of anilines is 2. The van der Waals surface area contributed by atoms with Crippen molar-refractivity contribution in [3.8, 4) is 0 Å². The van der Waals surface area contributed by atoms with E-state index in [4.69, 9.17) is 0 Å². The molecule has 0 fully saturated rings. The Morgan fingerprint density at radius 2 is 1.88 bits per heavy atom. The van der Waals surface area contributed by atoms with Gasteiger partial charge in [0, 0.05) is 11.4 Å². The number of thioether (sulfide) groups is 1. The van der Waals surface area contributed by atoms with Gasteiger partial charge in [0.1, 0.15) is 6.04 Å². The van der Waals surface area contributed by atoms with Crippen LogP contribution in [0.2, 0.25) is 0 Å². The van der Waals surface area contributed by atoms with E-state index in [1.54, 1.807) is 25.0 Å². The number of carbonyl (C=O) groups excluding carboxylic acids is 1. The molecule has 0 radical (unpaired) electrons. The zero-order valence-corrected chi connectivity index (χ0v) is 15.1. The molecule has 2 aromatic heterocycles. The second-order valence-corrected chi connectivity index (χ2v) is 6.43. The number of hydrogen-bond donors (Lipinski definition) is 3. The molecule has 0 aromatic carbocycles. The third kappa shape index (κ3) is 5.58. The van der Waals surface area contributed by atoms with Gasteiger partial charge in [0.05, 0.1) is 0 Å². The fraction of sp³-hybridized carbons (Fsp3) is 0.500. The smallest absolute Gasteiger partial charge is 0.342 e. The first kappa shape index (κ1) is 19.9. The Morgan fingerprint density at radius 3 is 2.42 bits per heavy atom. The van der Waals surface area contributed by atoms with E-state index < -0.39 is 29.9 Å². The first-order valence-electron chi connectivity index (χ1n) is 7.57. The van der Waals surface area contributed by atoms with Gasteiger partial charge in [-0.3, -0.25) is 15.2 Å². The van der Waals surface area contributed by atoms with E-state index >= 15 is 0 Å². The molecular formula is C14H18F3N7OS. The molecule has 26 heavy (non-hydrogen) atoms. The summed E-state index contributed by atoms with van der Waals surface area (Å²) in [6.45, 7) is 3.59. The van der Waals surface area contributed by atoms with Gasteiger partial charge in [0.2, 0.25) is 23.6 Å². The Morgan fingerprint density at radius 1 is 1.23 bits per heavy atom. The molecule has 12 heteroatoms. The van der Waals surface area contributed by atoms with Crippen molar-refractivity contribution in [2.45, 2.75) is 32.5 Å². The van der Waals surface area contributed by atoms with Crippen LogP contribution in [0, 0.1) is 13.8 Å². The highest BCUT2D eigenvalue weighted by molar-refractivity contribution is 7.98. The lowest BCUT2D eigenvalue weighted by atomic mass is 10.2. The molecule has 2 rings (SSSR count). The predicted molar refractivity (Wildman–Crippen MR) is 91.9 cm³/mol. The molecule has 8 nitrogen and oxygen atoms in total. The normalized spacial score (nSPS) is 12.7. The second kappa shape index (κ2) is 8.34. The number of amides is 1. The molecule has 2 aromatic rings. The number of hydrogen-bond acceptors (Lipinski definition) is 7. The Labute approximate surface area is 151 Å². The average Bonchev–Trinajstić information content (AvgIpc) is 2.99. The lowest BCUT2D eigenvalue weighted by Gasteiger charge is -2.17. The minimum Gasteiger partial charge on any atom is -0.342 e. The minimum atomic E-state index is -4.67. The number of nitrogens with one attached hydrogen (secondary N) is 3. The molecule has 0 saturated carbocycles. The maximum absolute atomic E-state index is 12.5. The molecular weight excluding hydrogens is 371 g/mol. The van der Waals surface area contributed by atoms with Crippen molar-refractivity contribution in [1.29, 1.82) is 0 Å². The summed E-state index contributed by atoms with van der Waals surface area (Å²) in [5.41, 5.74) is 1.46. The van der Waals surface area contributed by atoms with Gasteiger partial charge in [-0.2, -0.15) is 29.9 Å². The zero-order chi connectivity index (χ0) is 19.3. The first-order chi connectivity index (χ1) is 12.2. The molecule has 1 amide bonds. The van der Waals surface area contributed by atoms with Crippen LogP contribution >= 0.6 is 11.8 Å². The number of aromatic amines is 1. The van der Waals surface area contributed by atoms with Gasteiger partial charge in [0.15, 0.2) is 0 Å². The largest absolute Gasteiger partial charge is 0.451 e. The highest BCUT2D eigenvalue weighted by Gasteiger charge is 2.35. The minimum absolute atomic E-state index is 0.273. The van der Waals surface area contributed by atoms with Crippen molar-refractivity contribution in [3.05, 3.63) is 23.3 Å². The van der Waals surface area contributed by atoms with Crippen LogP contribution in [-0.2, 0) is 11.0 Å². The number of halogens is 3. The molecule has 1 atom stereocenters. The number of nitrogens with zero attached hydrogens (tertiary/aromatic N) is 4. The SMILES string of the molecule is CSCCC(Nc1nc(C)cc(C)n1)C(=O)Nc1n[nH]c(C(F)(F)F)n1. The summed E-state index contributed by atoms with van der Waals surface area (Å²) >= 11 is 1.53. The highest BCUT2D eigenvalue weighted by atomic mass is 32.2. The molecule has 3 N–H and O–H groups in total. The van der Waals surface area contributed by atoms with Gasteiger partial charge < -0.3 is 5.32 Å². The van der Waals surface area contributed by atoms with Crippen LogP contribution in [0.1, 0.15) is 23.6 Å². The molecule has 2 heterocycles. The van der Waals surface area contributed by atoms with Crippen molar-refractivity contribution in [2.75, 3.05) is 22.6 Å². The Kier molecular flexibility index (Phi) is 6.40. The summed E-state index contributed by atoms with van der Waals surface area (Å²) in [5.74, 6) is -1.37. The summed E-state index contributed by atoms with van der Waals surface area (Å²) in [6, 6.07) is 1.03. The molecule has 142 valence electrons. The Balaban J connectivity index is 2.12. The standard InChI is InChI=1S/C14H18F3N7OS/c1-7-6-8(2)19-12(18-7)20-9(4-5-26-3)10(25)21-13-22-11(23-24-13)14(15,16)17/h6,9H,4-5H2,1-3H3,(H,18,19,20)(H2,21,22,23,24,25). The molecule has 0 saturated heterocycles. The molecule has 0 aliphatic carbocycles. The molecule has 0 spiro atoms. The van der Waals surface area contributed by atoms with Crippen LogP contribution in [0.5, 0.6) is 0 Å². The van der Waals surface area contributed by atoms with Gasteiger partial charge in [0.25, 0.3) is 0 Å². The van der Waals surface area contributed by atoms with Gasteiger partial charge >= 0.3 is 6.18 Å². The molecule has 0 bridgehead atoms. The van der Waals surface area contributed by atoms with Crippen molar-refractivity contribution in [3.63, 3.8) is 0 Å². The van der Waals surface area contributed by atoms with Crippen LogP contribution in [0.15, 0.2) is 6.07 Å². The van der Waals surface area contributed by atoms with Gasteiger partial charge in [-0.15, -0.1) is 5.10 Å². The van der Waals surface area contributed by atoms with Crippen molar-refractivity contribution < 1.29 is 18.0 Å². The number of rotatable bonds is 7.